The molecule has 1 aromatic carbocycles. The van der Waals surface area contributed by atoms with Gasteiger partial charge in [0.2, 0.25) is 5.91 Å². The van der Waals surface area contributed by atoms with E-state index in [4.69, 9.17) is 4.42 Å². The van der Waals surface area contributed by atoms with Crippen LogP contribution in [0.25, 0.3) is 0 Å². The van der Waals surface area contributed by atoms with Crippen LogP contribution in [0.4, 0.5) is 0 Å². The molecule has 1 heterocycles. The molecule has 0 atom stereocenters. The van der Waals surface area contributed by atoms with E-state index in [1.807, 2.05) is 12.1 Å². The summed E-state index contributed by atoms with van der Waals surface area (Å²) in [5.74, 6) is -0.772. The number of hydrogen-bond donors (Lipinski definition) is 3. The van der Waals surface area contributed by atoms with Gasteiger partial charge in [0.15, 0.2) is 5.76 Å². The van der Waals surface area contributed by atoms with Gasteiger partial charge in [-0.05, 0) is 35.2 Å². The van der Waals surface area contributed by atoms with E-state index in [2.05, 4.69) is 36.7 Å². The molecule has 144 valence electrons. The van der Waals surface area contributed by atoms with Crippen molar-refractivity contribution in [1.29, 1.82) is 0 Å². The molecule has 3 N–H and O–H groups in total. The minimum atomic E-state index is -0.346. The molecule has 2 rings (SSSR count). The maximum atomic E-state index is 12.1. The van der Waals surface area contributed by atoms with Crippen molar-refractivity contribution in [3.63, 3.8) is 0 Å². The molecular formula is C20H25N3O4. The smallest absolute Gasteiger partial charge is 0.287 e. The molecule has 2 aromatic rings. The fraction of sp³-hybridized carbons (Fsp3) is 0.350. The predicted molar refractivity (Wildman–Crippen MR) is 102 cm³/mol. The molecule has 0 saturated carbocycles. The number of hydrogen-bond acceptors (Lipinski definition) is 4. The summed E-state index contributed by atoms with van der Waals surface area (Å²) in [7, 11) is 0. The fourth-order valence-corrected chi connectivity index (χ4v) is 2.32. The van der Waals surface area contributed by atoms with Crippen LogP contribution in [-0.2, 0) is 10.2 Å². The van der Waals surface area contributed by atoms with Crippen LogP contribution in [0.15, 0.2) is 47.1 Å². The Kier molecular flexibility index (Phi) is 6.76. The molecule has 0 aliphatic carbocycles. The average Bonchev–Trinajstić information content (AvgIpc) is 3.17. The summed E-state index contributed by atoms with van der Waals surface area (Å²) in [6, 6.07) is 10.5. The Hall–Kier alpha value is -3.09. The van der Waals surface area contributed by atoms with Gasteiger partial charge in [-0.25, -0.2) is 0 Å². The number of carbonyl (C=O) groups is 3. The van der Waals surface area contributed by atoms with E-state index in [1.165, 1.54) is 6.26 Å². The number of nitrogens with one attached hydrogen (secondary N) is 3. The first-order valence-corrected chi connectivity index (χ1v) is 8.74. The summed E-state index contributed by atoms with van der Waals surface area (Å²) < 4.78 is 4.96. The molecule has 27 heavy (non-hydrogen) atoms. The standard InChI is InChI=1S/C20H25N3O4/c1-20(2,3)15-8-6-14(7-9-15)18(25)23-13-17(24)21-10-11-22-19(26)16-5-4-12-27-16/h4-9,12H,10-11,13H2,1-3H3,(H,21,24)(H,22,26)(H,23,25). The van der Waals surface area contributed by atoms with Crippen molar-refractivity contribution in [2.45, 2.75) is 26.2 Å². The summed E-state index contributed by atoms with van der Waals surface area (Å²) in [6.45, 7) is 6.68. The van der Waals surface area contributed by atoms with Crippen LogP contribution >= 0.6 is 0 Å². The number of benzene rings is 1. The molecule has 3 amide bonds. The van der Waals surface area contributed by atoms with Crippen molar-refractivity contribution < 1.29 is 18.8 Å². The zero-order chi connectivity index (χ0) is 19.9. The number of carbonyl (C=O) groups excluding carboxylic acids is 3. The fourth-order valence-electron chi connectivity index (χ4n) is 2.32. The highest BCUT2D eigenvalue weighted by Gasteiger charge is 2.14. The molecule has 0 aliphatic heterocycles. The van der Waals surface area contributed by atoms with Gasteiger partial charge in [0.25, 0.3) is 11.8 Å². The van der Waals surface area contributed by atoms with E-state index < -0.39 is 0 Å². The van der Waals surface area contributed by atoms with Gasteiger partial charge in [-0.2, -0.15) is 0 Å². The SMILES string of the molecule is CC(C)(C)c1ccc(C(=O)NCC(=O)NCCNC(=O)c2ccco2)cc1. The maximum Gasteiger partial charge on any atom is 0.287 e. The van der Waals surface area contributed by atoms with Crippen molar-refractivity contribution in [1.82, 2.24) is 16.0 Å². The summed E-state index contributed by atoms with van der Waals surface area (Å²) >= 11 is 0. The molecular weight excluding hydrogens is 346 g/mol. The van der Waals surface area contributed by atoms with Gasteiger partial charge >= 0.3 is 0 Å². The van der Waals surface area contributed by atoms with Crippen LogP contribution in [0.3, 0.4) is 0 Å². The highest BCUT2D eigenvalue weighted by molar-refractivity contribution is 5.96. The Bertz CT molecular complexity index is 775. The van der Waals surface area contributed by atoms with E-state index in [1.54, 1.807) is 24.3 Å². The van der Waals surface area contributed by atoms with E-state index >= 15 is 0 Å². The monoisotopic (exact) mass is 371 g/mol. The maximum absolute atomic E-state index is 12.1. The molecule has 7 heteroatoms. The highest BCUT2D eigenvalue weighted by Crippen LogP contribution is 2.22. The summed E-state index contributed by atoms with van der Waals surface area (Å²) in [5.41, 5.74) is 1.65. The van der Waals surface area contributed by atoms with E-state index in [0.29, 0.717) is 5.56 Å². The number of furan rings is 1. The minimum Gasteiger partial charge on any atom is -0.459 e. The molecule has 7 nitrogen and oxygen atoms in total. The quantitative estimate of drug-likeness (QED) is 0.647. The lowest BCUT2D eigenvalue weighted by molar-refractivity contribution is -0.120. The Morgan fingerprint density at radius 2 is 1.56 bits per heavy atom. The van der Waals surface area contributed by atoms with Gasteiger partial charge in [-0.3, -0.25) is 14.4 Å². The average molecular weight is 371 g/mol. The van der Waals surface area contributed by atoms with Crippen LogP contribution in [0.1, 0.15) is 47.2 Å². The first-order chi connectivity index (χ1) is 12.8. The molecule has 1 aromatic heterocycles. The lowest BCUT2D eigenvalue weighted by atomic mass is 9.87. The zero-order valence-corrected chi connectivity index (χ0v) is 15.8. The Morgan fingerprint density at radius 1 is 0.889 bits per heavy atom. The van der Waals surface area contributed by atoms with Crippen molar-refractivity contribution in [3.8, 4) is 0 Å². The van der Waals surface area contributed by atoms with Crippen LogP contribution < -0.4 is 16.0 Å². The van der Waals surface area contributed by atoms with Crippen molar-refractivity contribution >= 4 is 17.7 Å². The van der Waals surface area contributed by atoms with Gasteiger partial charge in [-0.1, -0.05) is 32.9 Å². The van der Waals surface area contributed by atoms with Crippen molar-refractivity contribution in [2.24, 2.45) is 0 Å². The Balaban J connectivity index is 1.67. The number of amides is 3. The molecule has 0 spiro atoms. The second kappa shape index (κ2) is 9.02. The van der Waals surface area contributed by atoms with Gasteiger partial charge < -0.3 is 20.4 Å². The van der Waals surface area contributed by atoms with Crippen LogP contribution in [0.5, 0.6) is 0 Å². The molecule has 0 fully saturated rings. The first-order valence-electron chi connectivity index (χ1n) is 8.74. The molecule has 0 saturated heterocycles. The topological polar surface area (TPSA) is 100 Å². The zero-order valence-electron chi connectivity index (χ0n) is 15.8. The molecule has 0 unspecified atom stereocenters. The Morgan fingerprint density at radius 3 is 2.15 bits per heavy atom. The van der Waals surface area contributed by atoms with Crippen molar-refractivity contribution in [3.05, 3.63) is 59.5 Å². The van der Waals surface area contributed by atoms with Crippen molar-refractivity contribution in [2.75, 3.05) is 19.6 Å². The van der Waals surface area contributed by atoms with Gasteiger partial charge in [0, 0.05) is 18.7 Å². The molecule has 0 radical (unpaired) electrons. The summed E-state index contributed by atoms with van der Waals surface area (Å²) in [6.07, 6.45) is 1.41. The van der Waals surface area contributed by atoms with Gasteiger partial charge in [0.05, 0.1) is 12.8 Å². The third-order valence-electron chi connectivity index (χ3n) is 3.90. The molecule has 0 aliphatic rings. The lowest BCUT2D eigenvalue weighted by Crippen LogP contribution is -2.40. The summed E-state index contributed by atoms with van der Waals surface area (Å²) in [4.78, 5) is 35.5. The van der Waals surface area contributed by atoms with Gasteiger partial charge in [-0.15, -0.1) is 0 Å². The van der Waals surface area contributed by atoms with Gasteiger partial charge in [0.1, 0.15) is 0 Å². The van der Waals surface area contributed by atoms with E-state index in [0.717, 1.165) is 5.56 Å². The third-order valence-corrected chi connectivity index (χ3v) is 3.90. The largest absolute Gasteiger partial charge is 0.459 e. The second-order valence-corrected chi connectivity index (χ2v) is 7.09. The normalized spacial score (nSPS) is 10.9. The minimum absolute atomic E-state index is 0.0151. The third kappa shape index (κ3) is 6.29. The van der Waals surface area contributed by atoms with Crippen LogP contribution in [-0.4, -0.2) is 37.4 Å². The van der Waals surface area contributed by atoms with Crippen LogP contribution in [0.2, 0.25) is 0 Å². The first kappa shape index (κ1) is 20.2. The highest BCUT2D eigenvalue weighted by atomic mass is 16.3. The second-order valence-electron chi connectivity index (χ2n) is 7.09. The lowest BCUT2D eigenvalue weighted by Gasteiger charge is -2.19. The van der Waals surface area contributed by atoms with E-state index in [-0.39, 0.29) is 48.5 Å². The van der Waals surface area contributed by atoms with E-state index in [9.17, 15) is 14.4 Å². The molecule has 0 bridgehead atoms. The number of rotatable bonds is 7. The summed E-state index contributed by atoms with van der Waals surface area (Å²) in [5, 5.41) is 7.81. The Labute approximate surface area is 158 Å². The predicted octanol–water partition coefficient (Wildman–Crippen LogP) is 1.85. The van der Waals surface area contributed by atoms with Crippen LogP contribution in [0, 0.1) is 0 Å².